The van der Waals surface area contributed by atoms with Gasteiger partial charge in [-0.1, -0.05) is 36.4 Å². The summed E-state index contributed by atoms with van der Waals surface area (Å²) in [6.07, 6.45) is 2.96. The molecule has 0 bridgehead atoms. The standard InChI is InChI=1S/C15H18N2O3/c1-2-16-14(19)10-11-17-15(20)13(18)9-8-12-6-4-3-5-7-12/h3-9H,2,10-11H2,1H3,(H,16,19)(H,17,20). The summed E-state index contributed by atoms with van der Waals surface area (Å²) >= 11 is 0. The molecule has 5 heteroatoms. The Morgan fingerprint density at radius 1 is 1.10 bits per heavy atom. The molecule has 0 unspecified atom stereocenters. The second kappa shape index (κ2) is 8.63. The highest BCUT2D eigenvalue weighted by molar-refractivity contribution is 6.41. The summed E-state index contributed by atoms with van der Waals surface area (Å²) in [4.78, 5) is 34.1. The van der Waals surface area contributed by atoms with Gasteiger partial charge in [0.2, 0.25) is 11.7 Å². The molecule has 0 aromatic heterocycles. The first kappa shape index (κ1) is 15.6. The second-order valence-electron chi connectivity index (χ2n) is 4.07. The largest absolute Gasteiger partial charge is 0.356 e. The number of hydrogen-bond donors (Lipinski definition) is 2. The molecular weight excluding hydrogens is 256 g/mol. The molecule has 1 aromatic rings. The van der Waals surface area contributed by atoms with Crippen molar-refractivity contribution in [2.75, 3.05) is 13.1 Å². The lowest BCUT2D eigenvalue weighted by Gasteiger charge is -2.03. The number of rotatable bonds is 7. The zero-order valence-electron chi connectivity index (χ0n) is 11.4. The maximum absolute atomic E-state index is 11.5. The maximum Gasteiger partial charge on any atom is 0.291 e. The molecule has 0 aliphatic carbocycles. The Balaban J connectivity index is 2.35. The zero-order valence-corrected chi connectivity index (χ0v) is 11.4. The fourth-order valence-corrected chi connectivity index (χ4v) is 1.47. The molecule has 0 aliphatic heterocycles. The first-order valence-corrected chi connectivity index (χ1v) is 6.45. The van der Waals surface area contributed by atoms with Crippen LogP contribution in [0, 0.1) is 0 Å². The number of carbonyl (C=O) groups is 3. The van der Waals surface area contributed by atoms with Crippen LogP contribution < -0.4 is 10.6 Å². The van der Waals surface area contributed by atoms with Crippen LogP contribution in [0.5, 0.6) is 0 Å². The van der Waals surface area contributed by atoms with Gasteiger partial charge in [0.25, 0.3) is 5.91 Å². The van der Waals surface area contributed by atoms with E-state index in [1.165, 1.54) is 6.08 Å². The summed E-state index contributed by atoms with van der Waals surface area (Å²) in [7, 11) is 0. The highest BCUT2D eigenvalue weighted by Crippen LogP contribution is 2.00. The van der Waals surface area contributed by atoms with E-state index in [-0.39, 0.29) is 18.9 Å². The summed E-state index contributed by atoms with van der Waals surface area (Å²) in [6.45, 7) is 2.51. The summed E-state index contributed by atoms with van der Waals surface area (Å²) in [5.41, 5.74) is 0.843. The van der Waals surface area contributed by atoms with Crippen LogP contribution in [0.2, 0.25) is 0 Å². The molecule has 1 aromatic carbocycles. The summed E-state index contributed by atoms with van der Waals surface area (Å²) in [6, 6.07) is 9.22. The van der Waals surface area contributed by atoms with Gasteiger partial charge in [-0.05, 0) is 18.6 Å². The average Bonchev–Trinajstić information content (AvgIpc) is 2.46. The Kier molecular flexibility index (Phi) is 6.75. The summed E-state index contributed by atoms with van der Waals surface area (Å²) < 4.78 is 0. The second-order valence-corrected chi connectivity index (χ2v) is 4.07. The smallest absolute Gasteiger partial charge is 0.291 e. The van der Waals surface area contributed by atoms with E-state index in [0.29, 0.717) is 6.54 Å². The molecule has 0 saturated heterocycles. The monoisotopic (exact) mass is 274 g/mol. The van der Waals surface area contributed by atoms with E-state index in [0.717, 1.165) is 5.56 Å². The van der Waals surface area contributed by atoms with E-state index in [9.17, 15) is 14.4 Å². The van der Waals surface area contributed by atoms with Gasteiger partial charge in [0, 0.05) is 19.5 Å². The predicted molar refractivity (Wildman–Crippen MR) is 76.8 cm³/mol. The van der Waals surface area contributed by atoms with Crippen molar-refractivity contribution in [3.05, 3.63) is 42.0 Å². The van der Waals surface area contributed by atoms with Gasteiger partial charge in [-0.25, -0.2) is 0 Å². The fourth-order valence-electron chi connectivity index (χ4n) is 1.47. The molecule has 0 spiro atoms. The van der Waals surface area contributed by atoms with Gasteiger partial charge in [0.1, 0.15) is 0 Å². The highest BCUT2D eigenvalue weighted by atomic mass is 16.2. The van der Waals surface area contributed by atoms with Gasteiger partial charge in [0.05, 0.1) is 0 Å². The molecular formula is C15H18N2O3. The van der Waals surface area contributed by atoms with E-state index >= 15 is 0 Å². The molecule has 2 N–H and O–H groups in total. The highest BCUT2D eigenvalue weighted by Gasteiger charge is 2.09. The van der Waals surface area contributed by atoms with E-state index in [2.05, 4.69) is 10.6 Å². The first-order chi connectivity index (χ1) is 9.63. The Labute approximate surface area is 118 Å². The first-order valence-electron chi connectivity index (χ1n) is 6.45. The number of nitrogens with one attached hydrogen (secondary N) is 2. The van der Waals surface area contributed by atoms with Gasteiger partial charge in [-0.3, -0.25) is 14.4 Å². The number of amides is 2. The third-order valence-electron chi connectivity index (χ3n) is 2.46. The van der Waals surface area contributed by atoms with Crippen LogP contribution in [0.25, 0.3) is 6.08 Å². The van der Waals surface area contributed by atoms with Crippen LogP contribution in [0.1, 0.15) is 18.9 Å². The number of ketones is 1. The van der Waals surface area contributed by atoms with Crippen molar-refractivity contribution in [2.45, 2.75) is 13.3 Å². The van der Waals surface area contributed by atoms with Crippen LogP contribution in [0.3, 0.4) is 0 Å². The normalized spacial score (nSPS) is 10.2. The lowest BCUT2D eigenvalue weighted by molar-refractivity contribution is -0.135. The van der Waals surface area contributed by atoms with Gasteiger partial charge in [-0.15, -0.1) is 0 Å². The molecule has 0 saturated carbocycles. The minimum absolute atomic E-state index is 0.148. The minimum atomic E-state index is -0.707. The third kappa shape index (κ3) is 5.95. The number of hydrogen-bond acceptors (Lipinski definition) is 3. The van der Waals surface area contributed by atoms with Crippen LogP contribution >= 0.6 is 0 Å². The lowest BCUT2D eigenvalue weighted by atomic mass is 10.2. The third-order valence-corrected chi connectivity index (χ3v) is 2.46. The SMILES string of the molecule is CCNC(=O)CCNC(=O)C(=O)C=Cc1ccccc1. The summed E-state index contributed by atoms with van der Waals surface area (Å²) in [5, 5.41) is 5.01. The Morgan fingerprint density at radius 3 is 2.45 bits per heavy atom. The Hall–Kier alpha value is -2.43. The molecule has 5 nitrogen and oxygen atoms in total. The molecule has 0 fully saturated rings. The molecule has 2 amide bonds. The summed E-state index contributed by atoms with van der Waals surface area (Å²) in [5.74, 6) is -1.49. The fraction of sp³-hybridized carbons (Fsp3) is 0.267. The molecule has 0 radical (unpaired) electrons. The van der Waals surface area contributed by atoms with E-state index in [1.54, 1.807) is 6.08 Å². The van der Waals surface area contributed by atoms with Gasteiger partial charge in [0.15, 0.2) is 0 Å². The van der Waals surface area contributed by atoms with Crippen LogP contribution in [0.4, 0.5) is 0 Å². The van der Waals surface area contributed by atoms with Crippen molar-refractivity contribution in [3.8, 4) is 0 Å². The number of benzene rings is 1. The minimum Gasteiger partial charge on any atom is -0.356 e. The Bertz CT molecular complexity index is 495. The molecule has 0 heterocycles. The maximum atomic E-state index is 11.5. The van der Waals surface area contributed by atoms with Crippen LogP contribution in [-0.2, 0) is 14.4 Å². The molecule has 0 atom stereocenters. The van der Waals surface area contributed by atoms with Crippen molar-refractivity contribution in [3.63, 3.8) is 0 Å². The van der Waals surface area contributed by atoms with Crippen LogP contribution in [0.15, 0.2) is 36.4 Å². The van der Waals surface area contributed by atoms with Gasteiger partial charge < -0.3 is 10.6 Å². The van der Waals surface area contributed by atoms with E-state index in [4.69, 9.17) is 0 Å². The quantitative estimate of drug-likeness (QED) is 0.573. The molecule has 20 heavy (non-hydrogen) atoms. The van der Waals surface area contributed by atoms with Gasteiger partial charge in [-0.2, -0.15) is 0 Å². The van der Waals surface area contributed by atoms with Gasteiger partial charge >= 0.3 is 0 Å². The molecule has 0 aliphatic rings. The topological polar surface area (TPSA) is 75.3 Å². The Morgan fingerprint density at radius 2 is 1.80 bits per heavy atom. The van der Waals surface area contributed by atoms with Crippen molar-refractivity contribution < 1.29 is 14.4 Å². The predicted octanol–water partition coefficient (Wildman–Crippen LogP) is 0.911. The van der Waals surface area contributed by atoms with Crippen LogP contribution in [-0.4, -0.2) is 30.7 Å². The zero-order chi connectivity index (χ0) is 14.8. The van der Waals surface area contributed by atoms with Crippen molar-refractivity contribution in [1.82, 2.24) is 10.6 Å². The van der Waals surface area contributed by atoms with Crippen molar-refractivity contribution in [2.24, 2.45) is 0 Å². The molecule has 1 rings (SSSR count). The van der Waals surface area contributed by atoms with E-state index < -0.39 is 11.7 Å². The van der Waals surface area contributed by atoms with E-state index in [1.807, 2.05) is 37.3 Å². The average molecular weight is 274 g/mol. The molecule has 106 valence electrons. The number of carbonyl (C=O) groups excluding carboxylic acids is 3. The van der Waals surface area contributed by atoms with Crippen molar-refractivity contribution in [1.29, 1.82) is 0 Å². The van der Waals surface area contributed by atoms with Crippen molar-refractivity contribution >= 4 is 23.7 Å². The lowest BCUT2D eigenvalue weighted by Crippen LogP contribution is -2.33.